The Labute approximate surface area is 114 Å². The predicted molar refractivity (Wildman–Crippen MR) is 66.5 cm³/mol. The van der Waals surface area contributed by atoms with Crippen molar-refractivity contribution >= 4 is 11.8 Å². The van der Waals surface area contributed by atoms with Crippen LogP contribution in [-0.2, 0) is 11.0 Å². The average Bonchev–Trinajstić information content (AvgIpc) is 2.82. The molecular formula is C13H15F3N2O2. The van der Waals surface area contributed by atoms with Crippen LogP contribution in [0.1, 0.15) is 31.7 Å². The molecule has 1 aliphatic heterocycles. The van der Waals surface area contributed by atoms with E-state index in [4.69, 9.17) is 0 Å². The molecule has 1 aromatic heterocycles. The zero-order chi connectivity index (χ0) is 15.0. The molecule has 1 atom stereocenters. The molecule has 0 aliphatic carbocycles. The maximum atomic E-state index is 13.0. The zero-order valence-corrected chi connectivity index (χ0v) is 10.9. The number of alkyl halides is 3. The molecule has 0 aromatic carbocycles. The Morgan fingerprint density at radius 3 is 2.80 bits per heavy atom. The number of carboxylic acids is 1. The van der Waals surface area contributed by atoms with Gasteiger partial charge in [0.05, 0.1) is 5.56 Å². The van der Waals surface area contributed by atoms with Crippen molar-refractivity contribution in [3.05, 3.63) is 23.9 Å². The number of nitrogens with zero attached hydrogens (tertiary/aromatic N) is 2. The van der Waals surface area contributed by atoms with Crippen LogP contribution in [0.25, 0.3) is 0 Å². The second-order valence-corrected chi connectivity index (χ2v) is 4.82. The third kappa shape index (κ3) is 2.21. The fraction of sp³-hybridized carbons (Fsp3) is 0.538. The van der Waals surface area contributed by atoms with E-state index >= 15 is 0 Å². The van der Waals surface area contributed by atoms with Gasteiger partial charge in [0.2, 0.25) is 0 Å². The number of halogens is 3. The van der Waals surface area contributed by atoms with Gasteiger partial charge in [-0.05, 0) is 31.4 Å². The fourth-order valence-corrected chi connectivity index (χ4v) is 2.76. The van der Waals surface area contributed by atoms with Crippen LogP contribution in [0.4, 0.5) is 19.0 Å². The second-order valence-electron chi connectivity index (χ2n) is 4.82. The molecular weight excluding hydrogens is 273 g/mol. The number of hydrogen-bond acceptors (Lipinski definition) is 3. The SMILES string of the molecule is CCC1(C(=O)O)CCCN1c1ncccc1C(F)(F)F. The standard InChI is InChI=1S/C13H15F3N2O2/c1-2-12(11(19)20)6-4-8-18(12)10-9(13(14,15)16)5-3-7-17-10/h3,5,7H,2,4,6,8H2,1H3,(H,19,20). The Hall–Kier alpha value is -1.79. The number of hydrogen-bond donors (Lipinski definition) is 1. The van der Waals surface area contributed by atoms with Gasteiger partial charge in [0.1, 0.15) is 11.4 Å². The van der Waals surface area contributed by atoms with E-state index in [0.29, 0.717) is 12.8 Å². The van der Waals surface area contributed by atoms with Crippen LogP contribution < -0.4 is 4.90 Å². The number of carboxylic acid groups (broad SMARTS) is 1. The van der Waals surface area contributed by atoms with E-state index in [9.17, 15) is 23.1 Å². The van der Waals surface area contributed by atoms with Gasteiger partial charge in [-0.1, -0.05) is 6.92 Å². The van der Waals surface area contributed by atoms with E-state index in [1.165, 1.54) is 17.2 Å². The first-order valence-corrected chi connectivity index (χ1v) is 6.36. The Morgan fingerprint density at radius 2 is 2.25 bits per heavy atom. The lowest BCUT2D eigenvalue weighted by molar-refractivity contribution is -0.144. The van der Waals surface area contributed by atoms with Crippen LogP contribution in [0.15, 0.2) is 18.3 Å². The summed E-state index contributed by atoms with van der Waals surface area (Å²) in [6.07, 6.45) is -2.20. The minimum absolute atomic E-state index is 0.232. The minimum atomic E-state index is -4.55. The van der Waals surface area contributed by atoms with Crippen molar-refractivity contribution < 1.29 is 23.1 Å². The summed E-state index contributed by atoms with van der Waals surface area (Å²) in [4.78, 5) is 16.6. The Balaban J connectivity index is 2.54. The highest BCUT2D eigenvalue weighted by atomic mass is 19.4. The molecule has 1 aromatic rings. The molecule has 2 heterocycles. The summed E-state index contributed by atoms with van der Waals surface area (Å²) >= 11 is 0. The molecule has 2 rings (SSSR count). The molecule has 0 bridgehead atoms. The smallest absolute Gasteiger partial charge is 0.419 e. The lowest BCUT2D eigenvalue weighted by Crippen LogP contribution is -2.51. The normalized spacial score (nSPS) is 23.1. The van der Waals surface area contributed by atoms with E-state index in [2.05, 4.69) is 4.98 Å². The first kappa shape index (κ1) is 14.6. The van der Waals surface area contributed by atoms with Gasteiger partial charge in [0.25, 0.3) is 0 Å². The van der Waals surface area contributed by atoms with Crippen LogP contribution >= 0.6 is 0 Å². The molecule has 1 unspecified atom stereocenters. The molecule has 1 saturated heterocycles. The highest BCUT2D eigenvalue weighted by Crippen LogP contribution is 2.42. The molecule has 1 fully saturated rings. The molecule has 1 aliphatic rings. The maximum Gasteiger partial charge on any atom is 0.419 e. The summed E-state index contributed by atoms with van der Waals surface area (Å²) in [6, 6.07) is 2.14. The summed E-state index contributed by atoms with van der Waals surface area (Å²) in [6.45, 7) is 1.93. The highest BCUT2D eigenvalue weighted by molar-refractivity contribution is 5.84. The van der Waals surface area contributed by atoms with E-state index in [-0.39, 0.29) is 18.8 Å². The van der Waals surface area contributed by atoms with Gasteiger partial charge < -0.3 is 10.0 Å². The number of pyridine rings is 1. The highest BCUT2D eigenvalue weighted by Gasteiger charge is 2.49. The summed E-state index contributed by atoms with van der Waals surface area (Å²) in [5, 5.41) is 9.44. The Morgan fingerprint density at radius 1 is 1.55 bits per heavy atom. The van der Waals surface area contributed by atoms with E-state index in [0.717, 1.165) is 6.07 Å². The number of anilines is 1. The average molecular weight is 288 g/mol. The van der Waals surface area contributed by atoms with Gasteiger partial charge in [-0.2, -0.15) is 13.2 Å². The van der Waals surface area contributed by atoms with Gasteiger partial charge in [0.15, 0.2) is 0 Å². The number of rotatable bonds is 3. The summed E-state index contributed by atoms with van der Waals surface area (Å²) in [7, 11) is 0. The van der Waals surface area contributed by atoms with Gasteiger partial charge in [-0.25, -0.2) is 9.78 Å². The Bertz CT molecular complexity index is 519. The van der Waals surface area contributed by atoms with Crippen LogP contribution in [0.2, 0.25) is 0 Å². The zero-order valence-electron chi connectivity index (χ0n) is 10.9. The maximum absolute atomic E-state index is 13.0. The van der Waals surface area contributed by atoms with E-state index < -0.39 is 23.2 Å². The van der Waals surface area contributed by atoms with Crippen molar-refractivity contribution in [3.63, 3.8) is 0 Å². The molecule has 4 nitrogen and oxygen atoms in total. The second kappa shape index (κ2) is 4.96. The van der Waals surface area contributed by atoms with Crippen LogP contribution in [0.5, 0.6) is 0 Å². The van der Waals surface area contributed by atoms with Crippen LogP contribution in [-0.4, -0.2) is 28.1 Å². The topological polar surface area (TPSA) is 53.4 Å². The molecule has 0 amide bonds. The number of aromatic nitrogens is 1. The first-order valence-electron chi connectivity index (χ1n) is 6.36. The van der Waals surface area contributed by atoms with Crippen molar-refractivity contribution in [2.45, 2.75) is 37.9 Å². The van der Waals surface area contributed by atoms with Crippen molar-refractivity contribution in [2.75, 3.05) is 11.4 Å². The summed E-state index contributed by atoms with van der Waals surface area (Å²) in [5.74, 6) is -1.39. The van der Waals surface area contributed by atoms with Crippen LogP contribution in [0, 0.1) is 0 Å². The fourth-order valence-electron chi connectivity index (χ4n) is 2.76. The molecule has 7 heteroatoms. The minimum Gasteiger partial charge on any atom is -0.479 e. The van der Waals surface area contributed by atoms with Gasteiger partial charge in [-0.15, -0.1) is 0 Å². The van der Waals surface area contributed by atoms with E-state index in [1.807, 2.05) is 0 Å². The van der Waals surface area contributed by atoms with Gasteiger partial charge in [-0.3, -0.25) is 0 Å². The monoisotopic (exact) mass is 288 g/mol. The van der Waals surface area contributed by atoms with E-state index in [1.54, 1.807) is 6.92 Å². The molecule has 110 valence electrons. The Kier molecular flexibility index (Phi) is 3.62. The first-order chi connectivity index (χ1) is 9.33. The number of aliphatic carboxylic acids is 1. The van der Waals surface area contributed by atoms with Crippen LogP contribution in [0.3, 0.4) is 0 Å². The summed E-state index contributed by atoms with van der Waals surface area (Å²) in [5.41, 5.74) is -2.19. The largest absolute Gasteiger partial charge is 0.479 e. The molecule has 20 heavy (non-hydrogen) atoms. The molecule has 0 saturated carbocycles. The van der Waals surface area contributed by atoms with Gasteiger partial charge in [0, 0.05) is 12.7 Å². The van der Waals surface area contributed by atoms with Crippen molar-refractivity contribution in [3.8, 4) is 0 Å². The third-order valence-electron chi connectivity index (χ3n) is 3.82. The third-order valence-corrected chi connectivity index (χ3v) is 3.82. The predicted octanol–water partition coefficient (Wildman–Crippen LogP) is 2.93. The lowest BCUT2D eigenvalue weighted by atomic mass is 9.92. The molecule has 0 radical (unpaired) electrons. The molecule has 1 N–H and O–H groups in total. The number of carbonyl (C=O) groups is 1. The summed E-state index contributed by atoms with van der Waals surface area (Å²) < 4.78 is 39.1. The lowest BCUT2D eigenvalue weighted by Gasteiger charge is -2.36. The van der Waals surface area contributed by atoms with Crippen molar-refractivity contribution in [1.29, 1.82) is 0 Å². The quantitative estimate of drug-likeness (QED) is 0.929. The van der Waals surface area contributed by atoms with Gasteiger partial charge >= 0.3 is 12.1 Å². The molecule has 0 spiro atoms. The van der Waals surface area contributed by atoms with Crippen molar-refractivity contribution in [1.82, 2.24) is 4.98 Å². The van der Waals surface area contributed by atoms with Crippen molar-refractivity contribution in [2.24, 2.45) is 0 Å².